The number of Topliss-reactive ketones (excluding diaryl/α,β-unsaturated/α-hetero) is 1. The van der Waals surface area contributed by atoms with Gasteiger partial charge < -0.3 is 20.5 Å². The Labute approximate surface area is 254 Å². The SMILES string of the molecule is N#C/C(C(=O)[C@H](Cc1ccccc1)NC(=O)OCC1c2ccccc2-c2ccccc21)=S1/CCC(CCOCC(N)=O)C1. The van der Waals surface area contributed by atoms with E-state index in [1.807, 2.05) is 54.6 Å². The second-order valence-electron chi connectivity index (χ2n) is 10.8. The lowest BCUT2D eigenvalue weighted by Gasteiger charge is -2.20. The van der Waals surface area contributed by atoms with Gasteiger partial charge >= 0.3 is 6.09 Å². The number of amides is 2. The Morgan fingerprint density at radius 3 is 2.28 bits per heavy atom. The summed E-state index contributed by atoms with van der Waals surface area (Å²) in [5.74, 6) is 0.746. The molecule has 2 unspecified atom stereocenters. The summed E-state index contributed by atoms with van der Waals surface area (Å²) in [7, 11) is -0.522. The predicted molar refractivity (Wildman–Crippen MR) is 168 cm³/mol. The van der Waals surface area contributed by atoms with Crippen LogP contribution in [-0.4, -0.2) is 60.0 Å². The summed E-state index contributed by atoms with van der Waals surface area (Å²) in [6.07, 6.45) is 1.16. The Kier molecular flexibility index (Phi) is 10.0. The molecule has 43 heavy (non-hydrogen) atoms. The fraction of sp³-hybridized carbons (Fsp3) is 0.324. The van der Waals surface area contributed by atoms with Crippen molar-refractivity contribution in [1.29, 1.82) is 5.26 Å². The second kappa shape index (κ2) is 14.3. The number of nitrogens with two attached hydrogens (primary N) is 1. The maximum absolute atomic E-state index is 13.8. The van der Waals surface area contributed by atoms with Gasteiger partial charge in [0.1, 0.15) is 30.2 Å². The molecule has 3 N–H and O–H groups in total. The third kappa shape index (κ3) is 7.39. The van der Waals surface area contributed by atoms with Crippen LogP contribution in [0, 0.1) is 17.2 Å². The van der Waals surface area contributed by atoms with Crippen molar-refractivity contribution in [2.45, 2.75) is 31.2 Å². The van der Waals surface area contributed by atoms with Gasteiger partial charge in [-0.2, -0.15) is 15.7 Å². The maximum atomic E-state index is 13.8. The Morgan fingerprint density at radius 1 is 0.977 bits per heavy atom. The van der Waals surface area contributed by atoms with E-state index in [9.17, 15) is 19.6 Å². The zero-order valence-electron chi connectivity index (χ0n) is 23.9. The van der Waals surface area contributed by atoms with E-state index in [4.69, 9.17) is 15.2 Å². The van der Waals surface area contributed by atoms with Gasteiger partial charge in [0.25, 0.3) is 0 Å². The van der Waals surface area contributed by atoms with Crippen molar-refractivity contribution >= 4 is 33.1 Å². The van der Waals surface area contributed by atoms with E-state index >= 15 is 0 Å². The van der Waals surface area contributed by atoms with Crippen molar-refractivity contribution in [1.82, 2.24) is 5.32 Å². The molecule has 222 valence electrons. The fourth-order valence-corrected chi connectivity index (χ4v) is 8.47. The van der Waals surface area contributed by atoms with Crippen LogP contribution < -0.4 is 11.1 Å². The highest BCUT2D eigenvalue weighted by Gasteiger charge is 2.32. The second-order valence-corrected chi connectivity index (χ2v) is 13.0. The summed E-state index contributed by atoms with van der Waals surface area (Å²) in [5.41, 5.74) is 10.5. The zero-order valence-corrected chi connectivity index (χ0v) is 24.7. The molecule has 1 aliphatic carbocycles. The number of rotatable bonds is 12. The molecule has 2 aliphatic rings. The number of carbonyl (C=O) groups is 3. The van der Waals surface area contributed by atoms with Crippen LogP contribution in [0.2, 0.25) is 0 Å². The van der Waals surface area contributed by atoms with Crippen LogP contribution in [0.5, 0.6) is 0 Å². The highest BCUT2D eigenvalue weighted by Crippen LogP contribution is 2.44. The van der Waals surface area contributed by atoms with Crippen LogP contribution in [0.4, 0.5) is 4.79 Å². The molecule has 5 rings (SSSR count). The number of nitrogens with zero attached hydrogens (tertiary/aromatic N) is 1. The highest BCUT2D eigenvalue weighted by molar-refractivity contribution is 8.17. The van der Waals surface area contributed by atoms with Gasteiger partial charge in [0, 0.05) is 18.9 Å². The first-order valence-corrected chi connectivity index (χ1v) is 16.0. The number of hydrogen-bond donors (Lipinski definition) is 2. The highest BCUT2D eigenvalue weighted by atomic mass is 32.2. The van der Waals surface area contributed by atoms with Crippen molar-refractivity contribution < 1.29 is 23.9 Å². The number of hydrogen-bond acceptors (Lipinski definition) is 6. The topological polar surface area (TPSA) is 132 Å². The van der Waals surface area contributed by atoms with Crippen LogP contribution >= 0.6 is 10.5 Å². The number of fused-ring (bicyclic) bond motifs is 3. The smallest absolute Gasteiger partial charge is 0.407 e. The van der Waals surface area contributed by atoms with Crippen molar-refractivity contribution in [3.63, 3.8) is 0 Å². The molecule has 1 heterocycles. The fourth-order valence-electron chi connectivity index (χ4n) is 5.86. The number of alkyl carbamates (subject to hydrolysis) is 1. The number of nitrogens with one attached hydrogen (secondary N) is 1. The van der Waals surface area contributed by atoms with Crippen molar-refractivity contribution in [3.8, 4) is 17.2 Å². The van der Waals surface area contributed by atoms with E-state index in [0.717, 1.165) is 46.4 Å². The van der Waals surface area contributed by atoms with Crippen LogP contribution in [0.1, 0.15) is 35.4 Å². The molecule has 9 heteroatoms. The number of carbonyl (C=O) groups excluding carboxylic acids is 3. The van der Waals surface area contributed by atoms with Gasteiger partial charge in [0.2, 0.25) is 11.7 Å². The van der Waals surface area contributed by atoms with Crippen molar-refractivity contribution in [2.75, 3.05) is 31.3 Å². The third-order valence-corrected chi connectivity index (χ3v) is 10.4. The molecule has 0 radical (unpaired) electrons. The van der Waals surface area contributed by atoms with Crippen LogP contribution in [-0.2, 0) is 25.5 Å². The summed E-state index contributed by atoms with van der Waals surface area (Å²) >= 11 is 0. The number of primary amides is 1. The van der Waals surface area contributed by atoms with E-state index in [-0.39, 0.29) is 42.1 Å². The summed E-state index contributed by atoms with van der Waals surface area (Å²) < 4.78 is 11.0. The molecule has 3 aromatic carbocycles. The summed E-state index contributed by atoms with van der Waals surface area (Å²) in [5, 5.41) is 12.9. The number of benzene rings is 3. The molecule has 3 aromatic rings. The molecule has 0 spiro atoms. The normalized spacial score (nSPS) is 18.2. The molecular formula is C34H35N3O5S. The van der Waals surface area contributed by atoms with E-state index in [2.05, 4.69) is 35.7 Å². The largest absolute Gasteiger partial charge is 0.449 e. The standard InChI is InChI=1S/C34H35N3O5S/c35-19-31(43-17-15-24(22-43)14-16-41-21-32(36)38)33(39)30(18-23-8-2-1-3-9-23)37-34(40)42-20-29-27-12-6-4-10-25(27)26-11-5-7-13-28(26)29/h1-13,24,29-30H,14-18,20-22H2,(H2,36,38)(H,37,40)/t24?,30-,43?/m0/s1. The molecule has 0 bridgehead atoms. The summed E-state index contributed by atoms with van der Waals surface area (Å²) in [4.78, 5) is 38.1. The van der Waals surface area contributed by atoms with Crippen LogP contribution in [0.3, 0.4) is 0 Å². The van der Waals surface area contributed by atoms with Gasteiger partial charge in [0.15, 0.2) is 0 Å². The minimum absolute atomic E-state index is 0.105. The lowest BCUT2D eigenvalue weighted by Crippen LogP contribution is -2.45. The lowest BCUT2D eigenvalue weighted by atomic mass is 9.98. The Hall–Kier alpha value is -4.26. The van der Waals surface area contributed by atoms with Crippen molar-refractivity contribution in [3.05, 3.63) is 95.6 Å². The molecule has 2 amide bonds. The average molecular weight is 598 g/mol. The number of ketones is 1. The predicted octanol–water partition coefficient (Wildman–Crippen LogP) is 4.58. The zero-order chi connectivity index (χ0) is 30.2. The molecular weight excluding hydrogens is 562 g/mol. The van der Waals surface area contributed by atoms with Gasteiger partial charge in [0.05, 0.1) is 0 Å². The summed E-state index contributed by atoms with van der Waals surface area (Å²) in [6.45, 7) is 0.417. The first-order valence-electron chi connectivity index (χ1n) is 14.4. The first kappa shape index (κ1) is 30.2. The molecule has 3 atom stereocenters. The van der Waals surface area contributed by atoms with E-state index in [1.165, 1.54) is 0 Å². The molecule has 1 saturated heterocycles. The van der Waals surface area contributed by atoms with Crippen LogP contribution in [0.25, 0.3) is 11.1 Å². The van der Waals surface area contributed by atoms with Gasteiger partial charge in [-0.25, -0.2) is 4.79 Å². The van der Waals surface area contributed by atoms with Gasteiger partial charge in [-0.3, -0.25) is 9.59 Å². The molecule has 8 nitrogen and oxygen atoms in total. The molecule has 1 fully saturated rings. The van der Waals surface area contributed by atoms with E-state index < -0.39 is 28.5 Å². The van der Waals surface area contributed by atoms with Gasteiger partial charge in [-0.05, 0) is 58.1 Å². The lowest BCUT2D eigenvalue weighted by molar-refractivity contribution is -0.122. The monoisotopic (exact) mass is 597 g/mol. The van der Waals surface area contributed by atoms with Gasteiger partial charge in [-0.15, -0.1) is 0 Å². The Morgan fingerprint density at radius 2 is 1.63 bits per heavy atom. The molecule has 0 aromatic heterocycles. The average Bonchev–Trinajstić information content (AvgIpc) is 3.61. The minimum atomic E-state index is -0.932. The van der Waals surface area contributed by atoms with Gasteiger partial charge in [-0.1, -0.05) is 78.9 Å². The minimum Gasteiger partial charge on any atom is -0.449 e. The maximum Gasteiger partial charge on any atom is 0.407 e. The molecule has 0 saturated carbocycles. The Bertz CT molecular complexity index is 1520. The summed E-state index contributed by atoms with van der Waals surface area (Å²) in [6, 6.07) is 26.9. The number of nitriles is 1. The van der Waals surface area contributed by atoms with E-state index in [1.54, 1.807) is 0 Å². The quantitative estimate of drug-likeness (QED) is 0.232. The van der Waals surface area contributed by atoms with Crippen molar-refractivity contribution in [2.24, 2.45) is 11.7 Å². The first-order chi connectivity index (χ1) is 20.9. The third-order valence-electron chi connectivity index (χ3n) is 7.97. The molecule has 1 aliphatic heterocycles. The van der Waals surface area contributed by atoms with E-state index in [0.29, 0.717) is 12.4 Å². The number of ether oxygens (including phenoxy) is 2. The van der Waals surface area contributed by atoms with Crippen LogP contribution in [0.15, 0.2) is 78.9 Å². The Balaban J connectivity index is 1.28.